The fourth-order valence-electron chi connectivity index (χ4n) is 4.71. The summed E-state index contributed by atoms with van der Waals surface area (Å²) in [6, 6.07) is 25.5. The molecular formula is C27H20N2O2S. The molecule has 1 atom stereocenters. The number of hydrogen-bond donors (Lipinski definition) is 1. The highest BCUT2D eigenvalue weighted by atomic mass is 32.1. The highest BCUT2D eigenvalue weighted by molar-refractivity contribution is 7.07. The average molecular weight is 437 g/mol. The Morgan fingerprint density at radius 2 is 1.69 bits per heavy atom. The van der Waals surface area contributed by atoms with Crippen molar-refractivity contribution < 1.29 is 5.11 Å². The number of rotatable bonds is 2. The average Bonchev–Trinajstić information content (AvgIpc) is 3.14. The van der Waals surface area contributed by atoms with E-state index in [4.69, 9.17) is 4.99 Å². The maximum atomic E-state index is 13.6. The molecular weight excluding hydrogens is 416 g/mol. The fourth-order valence-corrected chi connectivity index (χ4v) is 5.70. The van der Waals surface area contributed by atoms with E-state index in [-0.39, 0.29) is 17.4 Å². The van der Waals surface area contributed by atoms with E-state index < -0.39 is 0 Å². The van der Waals surface area contributed by atoms with E-state index in [1.807, 2.05) is 34.9 Å². The SMILES string of the molecule is O=c1c(=Cc2ccccc2O)sc2n1C(c1ccccc1)C1=C(N=2)c2ccccc2CC1. The number of para-hydroxylation sites is 1. The highest BCUT2D eigenvalue weighted by Crippen LogP contribution is 2.41. The Balaban J connectivity index is 1.65. The molecule has 1 N–H and O–H groups in total. The Morgan fingerprint density at radius 3 is 2.53 bits per heavy atom. The molecule has 3 aromatic carbocycles. The summed E-state index contributed by atoms with van der Waals surface area (Å²) >= 11 is 1.38. The molecule has 1 aromatic heterocycles. The minimum absolute atomic E-state index is 0.0729. The second-order valence-corrected chi connectivity index (χ2v) is 9.09. The second-order valence-electron chi connectivity index (χ2n) is 8.08. The molecule has 0 bridgehead atoms. The van der Waals surface area contributed by atoms with Crippen molar-refractivity contribution in [2.45, 2.75) is 18.9 Å². The third kappa shape index (κ3) is 2.97. The first-order chi connectivity index (χ1) is 15.7. The Morgan fingerprint density at radius 1 is 0.938 bits per heavy atom. The van der Waals surface area contributed by atoms with Gasteiger partial charge in [-0.05, 0) is 41.7 Å². The van der Waals surface area contributed by atoms with Crippen LogP contribution in [0, 0.1) is 0 Å². The van der Waals surface area contributed by atoms with Gasteiger partial charge >= 0.3 is 0 Å². The van der Waals surface area contributed by atoms with E-state index in [9.17, 15) is 9.90 Å². The van der Waals surface area contributed by atoms with Crippen LogP contribution in [0.1, 0.15) is 34.7 Å². The van der Waals surface area contributed by atoms with Gasteiger partial charge in [0.2, 0.25) is 0 Å². The van der Waals surface area contributed by atoms with Gasteiger partial charge in [-0.15, -0.1) is 0 Å². The van der Waals surface area contributed by atoms with Gasteiger partial charge in [0.25, 0.3) is 5.56 Å². The van der Waals surface area contributed by atoms with Crippen molar-refractivity contribution in [3.8, 4) is 5.75 Å². The van der Waals surface area contributed by atoms with Crippen molar-refractivity contribution in [3.05, 3.63) is 126 Å². The maximum Gasteiger partial charge on any atom is 0.271 e. The third-order valence-electron chi connectivity index (χ3n) is 6.21. The molecule has 5 heteroatoms. The minimum atomic E-state index is -0.178. The second kappa shape index (κ2) is 7.46. The number of allylic oxidation sites excluding steroid dienone is 1. The van der Waals surface area contributed by atoms with Gasteiger partial charge in [0.05, 0.1) is 16.3 Å². The zero-order valence-electron chi connectivity index (χ0n) is 17.2. The third-order valence-corrected chi connectivity index (χ3v) is 7.19. The largest absolute Gasteiger partial charge is 0.507 e. The predicted octanol–water partition coefficient (Wildman–Crippen LogP) is 4.02. The standard InChI is InChI=1S/C27H20N2O2S/c30-22-13-7-5-11-19(22)16-23-26(31)29-25(18-9-2-1-3-10-18)21-15-14-17-8-4-6-12-20(17)24(21)28-27(29)32-23/h1-13,16,25,30H,14-15H2. The van der Waals surface area contributed by atoms with Crippen molar-refractivity contribution in [3.63, 3.8) is 0 Å². The maximum absolute atomic E-state index is 13.6. The van der Waals surface area contributed by atoms with Crippen molar-refractivity contribution in [1.29, 1.82) is 0 Å². The lowest BCUT2D eigenvalue weighted by molar-refractivity contribution is 0.474. The summed E-state index contributed by atoms with van der Waals surface area (Å²) < 4.78 is 2.40. The smallest absolute Gasteiger partial charge is 0.271 e. The molecule has 0 spiro atoms. The summed E-state index contributed by atoms with van der Waals surface area (Å²) in [5.74, 6) is 0.158. The van der Waals surface area contributed by atoms with Crippen molar-refractivity contribution in [1.82, 2.24) is 4.57 Å². The lowest BCUT2D eigenvalue weighted by Crippen LogP contribution is -2.38. The fraction of sp³-hybridized carbons (Fsp3) is 0.111. The lowest BCUT2D eigenvalue weighted by atomic mass is 9.83. The number of phenols is 1. The van der Waals surface area contributed by atoms with Gasteiger partial charge < -0.3 is 5.11 Å². The van der Waals surface area contributed by atoms with E-state index in [1.165, 1.54) is 22.5 Å². The summed E-state index contributed by atoms with van der Waals surface area (Å²) in [6.45, 7) is 0. The first-order valence-corrected chi connectivity index (χ1v) is 11.5. The molecule has 1 aliphatic carbocycles. The molecule has 0 saturated heterocycles. The van der Waals surface area contributed by atoms with E-state index >= 15 is 0 Å². The zero-order chi connectivity index (χ0) is 21.7. The topological polar surface area (TPSA) is 54.6 Å². The number of aromatic nitrogens is 1. The van der Waals surface area contributed by atoms with Gasteiger partial charge in [0.15, 0.2) is 4.80 Å². The normalized spacial score (nSPS) is 17.4. The van der Waals surface area contributed by atoms with Crippen molar-refractivity contribution in [2.75, 3.05) is 0 Å². The molecule has 156 valence electrons. The van der Waals surface area contributed by atoms with Gasteiger partial charge in [-0.3, -0.25) is 9.36 Å². The van der Waals surface area contributed by atoms with Crippen LogP contribution >= 0.6 is 11.3 Å². The van der Waals surface area contributed by atoms with Crippen molar-refractivity contribution in [2.24, 2.45) is 4.99 Å². The number of aromatic hydroxyl groups is 1. The monoisotopic (exact) mass is 436 g/mol. The molecule has 0 fully saturated rings. The summed E-state index contributed by atoms with van der Waals surface area (Å²) in [4.78, 5) is 19.3. The number of phenolic OH excluding ortho intramolecular Hbond substituents is 1. The Bertz CT molecular complexity index is 1560. The lowest BCUT2D eigenvalue weighted by Gasteiger charge is -2.30. The van der Waals surface area contributed by atoms with Gasteiger partial charge in [-0.2, -0.15) is 0 Å². The molecule has 32 heavy (non-hydrogen) atoms. The minimum Gasteiger partial charge on any atom is -0.507 e. The van der Waals surface area contributed by atoms with Crippen LogP contribution in [0.25, 0.3) is 11.8 Å². The number of thiazole rings is 1. The van der Waals surface area contributed by atoms with Crippen LogP contribution in [-0.2, 0) is 6.42 Å². The summed E-state index contributed by atoms with van der Waals surface area (Å²) in [7, 11) is 0. The molecule has 0 saturated carbocycles. The Kier molecular flexibility index (Phi) is 4.44. The number of nitrogens with zero attached hydrogens (tertiary/aromatic N) is 2. The molecule has 4 nitrogen and oxygen atoms in total. The molecule has 2 heterocycles. The van der Waals surface area contributed by atoms with Crippen LogP contribution in [0.15, 0.2) is 94.2 Å². The number of aryl methyl sites for hydroxylation is 1. The number of hydrogen-bond acceptors (Lipinski definition) is 4. The summed E-state index contributed by atoms with van der Waals surface area (Å²) in [5, 5.41) is 10.2. The quantitative estimate of drug-likeness (QED) is 0.516. The molecule has 6 rings (SSSR count). The van der Waals surface area contributed by atoms with Gasteiger partial charge in [0.1, 0.15) is 5.75 Å². The first-order valence-electron chi connectivity index (χ1n) is 10.7. The van der Waals surface area contributed by atoms with Crippen LogP contribution in [-0.4, -0.2) is 9.67 Å². The van der Waals surface area contributed by atoms with E-state index in [0.29, 0.717) is 14.9 Å². The van der Waals surface area contributed by atoms with Gasteiger partial charge in [0, 0.05) is 11.1 Å². The van der Waals surface area contributed by atoms with Gasteiger partial charge in [-0.1, -0.05) is 84.1 Å². The van der Waals surface area contributed by atoms with Crippen LogP contribution in [0.2, 0.25) is 0 Å². The molecule has 0 radical (unpaired) electrons. The summed E-state index contributed by atoms with van der Waals surface area (Å²) in [5.41, 5.74) is 6.29. The van der Waals surface area contributed by atoms with Crippen LogP contribution in [0.5, 0.6) is 5.75 Å². The number of fused-ring (bicyclic) bond motifs is 3. The predicted molar refractivity (Wildman–Crippen MR) is 127 cm³/mol. The first kappa shape index (κ1) is 19.0. The molecule has 1 aliphatic heterocycles. The van der Waals surface area contributed by atoms with Crippen LogP contribution in [0.4, 0.5) is 0 Å². The van der Waals surface area contributed by atoms with E-state index in [2.05, 4.69) is 36.4 Å². The Labute approximate surface area is 188 Å². The zero-order valence-corrected chi connectivity index (χ0v) is 18.0. The van der Waals surface area contributed by atoms with E-state index in [1.54, 1.807) is 18.2 Å². The molecule has 4 aromatic rings. The van der Waals surface area contributed by atoms with E-state index in [0.717, 1.165) is 29.7 Å². The molecule has 2 aliphatic rings. The Hall–Kier alpha value is -3.70. The summed E-state index contributed by atoms with van der Waals surface area (Å²) in [6.07, 6.45) is 3.58. The molecule has 0 amide bonds. The van der Waals surface area contributed by atoms with Crippen LogP contribution in [0.3, 0.4) is 0 Å². The molecule has 1 unspecified atom stereocenters. The van der Waals surface area contributed by atoms with Gasteiger partial charge in [-0.25, -0.2) is 4.99 Å². The highest BCUT2D eigenvalue weighted by Gasteiger charge is 2.32. The number of benzene rings is 3. The van der Waals surface area contributed by atoms with Crippen LogP contribution < -0.4 is 14.9 Å². The van der Waals surface area contributed by atoms with Crippen molar-refractivity contribution >= 4 is 23.1 Å².